The van der Waals surface area contributed by atoms with Crippen LogP contribution in [0.4, 0.5) is 0 Å². The second kappa shape index (κ2) is 16.5. The summed E-state index contributed by atoms with van der Waals surface area (Å²) in [6.45, 7) is 25.6. The molecule has 53 heavy (non-hydrogen) atoms. The third-order valence-corrected chi connectivity index (χ3v) is 10.8. The molecule has 1 aliphatic heterocycles. The number of ether oxygens (including phenoxy) is 1. The number of fused-ring (bicyclic) bond motifs is 5. The zero-order chi connectivity index (χ0) is 39.9. The Hall–Kier alpha value is -3.53. The SMILES string of the molecule is CCC(CC)C(=O)/C=C(\O)C(C)(CC)CC.[2H]c1nc2c3c(cc4c(CC(C)(C)C)cccc4c3c1[2H])Oc1c-2[c-]c2cc(C)ccc2c1CC(C)(C)C.[Ir]. The number of rotatable bonds is 9. The minimum Gasteiger partial charge on any atom is -0.512 e. The second-order valence-electron chi connectivity index (χ2n) is 17.5. The minimum absolute atomic E-state index is 0. The number of carbonyl (C=O) groups excluding carboxylic acids is 1. The van der Waals surface area contributed by atoms with Gasteiger partial charge in [-0.25, -0.2) is 0 Å². The molecule has 0 saturated heterocycles. The van der Waals surface area contributed by atoms with E-state index in [0.29, 0.717) is 11.4 Å². The van der Waals surface area contributed by atoms with Crippen LogP contribution in [0.3, 0.4) is 0 Å². The smallest absolute Gasteiger partial charge is 0.162 e. The van der Waals surface area contributed by atoms with Gasteiger partial charge in [-0.2, -0.15) is 0 Å². The average molecular weight is 893 g/mol. The summed E-state index contributed by atoms with van der Waals surface area (Å²) in [5.74, 6) is 1.86. The fourth-order valence-electron chi connectivity index (χ4n) is 7.32. The number of benzene rings is 4. The second-order valence-corrected chi connectivity index (χ2v) is 17.5. The molecule has 1 radical (unpaired) electrons. The first-order valence-corrected chi connectivity index (χ1v) is 19.2. The number of carbonyl (C=O) groups is 1. The summed E-state index contributed by atoms with van der Waals surface area (Å²) in [4.78, 5) is 16.6. The molecule has 5 aromatic rings. The number of aryl methyl sites for hydroxylation is 1. The van der Waals surface area contributed by atoms with Gasteiger partial charge in [-0.05, 0) is 90.1 Å². The van der Waals surface area contributed by atoms with Crippen LogP contribution in [-0.2, 0) is 37.7 Å². The van der Waals surface area contributed by atoms with Gasteiger partial charge in [0.15, 0.2) is 5.78 Å². The summed E-state index contributed by atoms with van der Waals surface area (Å²) in [6, 6.07) is 18.7. The molecule has 0 amide bonds. The third kappa shape index (κ3) is 9.06. The molecular weight excluding hydrogens is 831 g/mol. The molecule has 0 atom stereocenters. The van der Waals surface area contributed by atoms with E-state index in [1.54, 1.807) is 0 Å². The summed E-state index contributed by atoms with van der Waals surface area (Å²) in [5, 5.41) is 15.8. The molecule has 4 aromatic carbocycles. The van der Waals surface area contributed by atoms with Crippen LogP contribution in [0, 0.1) is 35.2 Å². The van der Waals surface area contributed by atoms with Crippen molar-refractivity contribution in [3.8, 4) is 22.8 Å². The molecule has 0 fully saturated rings. The van der Waals surface area contributed by atoms with Crippen LogP contribution in [0.2, 0.25) is 0 Å². The van der Waals surface area contributed by atoms with Crippen LogP contribution in [0.5, 0.6) is 11.5 Å². The van der Waals surface area contributed by atoms with Gasteiger partial charge in [-0.3, -0.25) is 9.78 Å². The van der Waals surface area contributed by atoms with Crippen LogP contribution in [0.1, 0.15) is 121 Å². The van der Waals surface area contributed by atoms with E-state index in [4.69, 9.17) is 12.5 Å². The van der Waals surface area contributed by atoms with E-state index in [9.17, 15) is 9.90 Å². The Morgan fingerprint density at radius 2 is 1.57 bits per heavy atom. The van der Waals surface area contributed by atoms with E-state index in [2.05, 4.69) is 97.0 Å². The summed E-state index contributed by atoms with van der Waals surface area (Å²) in [6.07, 6.45) is 6.54. The number of aliphatic hydroxyl groups is 1. The first-order valence-electron chi connectivity index (χ1n) is 20.2. The van der Waals surface area contributed by atoms with Crippen molar-refractivity contribution in [2.24, 2.45) is 22.2 Å². The average Bonchev–Trinajstić information content (AvgIpc) is 3.09. The molecule has 1 aromatic heterocycles. The standard InChI is InChI=1S/C34H34NO.C14H26O2.Ir/c1-20-11-12-23-22(15-20)16-27-31-30-25(13-14-35-31)24-10-8-9-21(18-33(2,3)4)26(24)17-29(30)36-32(27)28(23)19-34(5,6)7;1-6-11(7-2)12(15)10-13(16)14(5,8-3)9-4;/h8-15,17H,18-19H2,1-7H3;10-11,16H,6-9H2,1-5H3;/q-1;;/b;13-10-;/i13D,14D;;. The number of hydrogen-bond acceptors (Lipinski definition) is 4. The molecule has 0 unspecified atom stereocenters. The summed E-state index contributed by atoms with van der Waals surface area (Å²) in [5.41, 5.74) is 4.92. The van der Waals surface area contributed by atoms with Gasteiger partial charge in [0, 0.05) is 54.8 Å². The van der Waals surface area contributed by atoms with E-state index in [0.717, 1.165) is 87.7 Å². The molecule has 2 heterocycles. The van der Waals surface area contributed by atoms with Crippen LogP contribution in [0.15, 0.2) is 66.5 Å². The number of pyridine rings is 1. The van der Waals surface area contributed by atoms with Gasteiger partial charge in [0.25, 0.3) is 0 Å². The van der Waals surface area contributed by atoms with E-state index >= 15 is 0 Å². The molecule has 0 bridgehead atoms. The number of aliphatic hydroxyl groups excluding tert-OH is 1. The molecule has 0 aliphatic carbocycles. The van der Waals surface area contributed by atoms with E-state index < -0.39 is 0 Å². The van der Waals surface area contributed by atoms with Gasteiger partial charge >= 0.3 is 0 Å². The zero-order valence-electron chi connectivity index (χ0n) is 36.0. The van der Waals surface area contributed by atoms with E-state index in [1.165, 1.54) is 17.2 Å². The maximum atomic E-state index is 11.9. The van der Waals surface area contributed by atoms with Crippen molar-refractivity contribution < 1.29 is 37.5 Å². The zero-order valence-corrected chi connectivity index (χ0v) is 36.4. The number of nitrogens with zero attached hydrogens (tertiary/aromatic N) is 1. The number of allylic oxidation sites excluding steroid dienone is 2. The molecule has 4 nitrogen and oxygen atoms in total. The van der Waals surface area contributed by atoms with Crippen molar-refractivity contribution in [1.29, 1.82) is 0 Å². The topological polar surface area (TPSA) is 59.4 Å². The Labute approximate surface area is 335 Å². The predicted octanol–water partition coefficient (Wildman–Crippen LogP) is 13.9. The fraction of sp³-hybridized carbons (Fsp3) is 0.458. The maximum Gasteiger partial charge on any atom is 0.162 e. The number of hydrogen-bond donors (Lipinski definition) is 1. The normalized spacial score (nSPS) is 13.6. The first kappa shape index (κ1) is 39.2. The molecule has 285 valence electrons. The fourth-order valence-corrected chi connectivity index (χ4v) is 7.32. The maximum absolute atomic E-state index is 11.9. The molecule has 0 spiro atoms. The van der Waals surface area contributed by atoms with Gasteiger partial charge in [-0.15, -0.1) is 17.5 Å². The largest absolute Gasteiger partial charge is 0.512 e. The Bertz CT molecular complexity index is 2250. The van der Waals surface area contributed by atoms with Crippen molar-refractivity contribution in [3.63, 3.8) is 0 Å². The molecular formula is C48H60IrNO3-. The molecule has 5 heteroatoms. The van der Waals surface area contributed by atoms with Crippen molar-refractivity contribution in [2.45, 2.75) is 122 Å². The van der Waals surface area contributed by atoms with Crippen molar-refractivity contribution in [1.82, 2.24) is 4.98 Å². The summed E-state index contributed by atoms with van der Waals surface area (Å²) >= 11 is 0. The number of ketones is 1. The monoisotopic (exact) mass is 893 g/mol. The van der Waals surface area contributed by atoms with Gasteiger partial charge in [0.2, 0.25) is 0 Å². The van der Waals surface area contributed by atoms with Crippen LogP contribution in [0.25, 0.3) is 43.6 Å². The Balaban J connectivity index is 0.000000338. The van der Waals surface area contributed by atoms with Gasteiger partial charge in [0.05, 0.1) is 8.49 Å². The van der Waals surface area contributed by atoms with Crippen LogP contribution >= 0.6 is 0 Å². The van der Waals surface area contributed by atoms with Crippen molar-refractivity contribution >= 4 is 38.1 Å². The molecule has 0 saturated carbocycles. The Kier molecular flexibility index (Phi) is 12.2. The summed E-state index contributed by atoms with van der Waals surface area (Å²) < 4.78 is 24.4. The van der Waals surface area contributed by atoms with Crippen LogP contribution in [-0.4, -0.2) is 15.9 Å². The van der Waals surface area contributed by atoms with E-state index in [1.807, 2.05) is 34.6 Å². The predicted molar refractivity (Wildman–Crippen MR) is 221 cm³/mol. The van der Waals surface area contributed by atoms with Gasteiger partial charge in [-0.1, -0.05) is 129 Å². The minimum atomic E-state index is -0.248. The van der Waals surface area contributed by atoms with Crippen molar-refractivity contribution in [3.05, 3.63) is 89.3 Å². The Morgan fingerprint density at radius 3 is 2.17 bits per heavy atom. The van der Waals surface area contributed by atoms with Crippen LogP contribution < -0.4 is 4.74 Å². The van der Waals surface area contributed by atoms with Crippen molar-refractivity contribution in [2.75, 3.05) is 0 Å². The van der Waals surface area contributed by atoms with Gasteiger partial charge in [0.1, 0.15) is 11.5 Å². The molecule has 1 N–H and O–H groups in total. The quantitative estimate of drug-likeness (QED) is 0.0680. The van der Waals surface area contributed by atoms with Gasteiger partial charge < -0.3 is 9.84 Å². The first-order chi connectivity index (χ1) is 25.2. The third-order valence-electron chi connectivity index (χ3n) is 10.8. The summed E-state index contributed by atoms with van der Waals surface area (Å²) in [7, 11) is 0. The number of aromatic nitrogens is 1. The molecule has 6 rings (SSSR count). The molecule has 1 aliphatic rings. The van der Waals surface area contributed by atoms with E-state index in [-0.39, 0.29) is 66.0 Å². The Morgan fingerprint density at radius 1 is 0.906 bits per heavy atom.